The minimum atomic E-state index is -0.741. The van der Waals surface area contributed by atoms with E-state index in [9.17, 15) is 9.90 Å². The number of tetrazole rings is 1. The van der Waals surface area contributed by atoms with Gasteiger partial charge in [0.05, 0.1) is 12.5 Å². The maximum Gasteiger partial charge on any atom is 0.309 e. The summed E-state index contributed by atoms with van der Waals surface area (Å²) in [7, 11) is 1.74. The van der Waals surface area contributed by atoms with Crippen LogP contribution in [0.5, 0.6) is 0 Å². The van der Waals surface area contributed by atoms with Crippen molar-refractivity contribution in [1.29, 1.82) is 0 Å². The number of aromatic nitrogens is 4. The number of ether oxygens (including phenoxy) is 1. The molecule has 2 aromatic carbocycles. The highest BCUT2D eigenvalue weighted by molar-refractivity contribution is 6.31. The molecule has 1 aliphatic rings. The number of nitrogens with zero attached hydrogens (tertiary/aromatic N) is 4. The maximum atomic E-state index is 11.8. The Labute approximate surface area is 194 Å². The summed E-state index contributed by atoms with van der Waals surface area (Å²) < 4.78 is 6.93. The third kappa shape index (κ3) is 5.07. The monoisotopic (exact) mass is 470 g/mol. The largest absolute Gasteiger partial charge is 0.458 e. The van der Waals surface area contributed by atoms with Crippen LogP contribution in [0, 0.1) is 0 Å². The minimum absolute atomic E-state index is 0.00345. The SMILES string of the molecule is Cn1nnnc1C(C=C[C@@H]1C[C@@H](O)CC(=O)O1)=C(c1cccc(Cl)c1)c1cccc(Cl)c1. The number of hydrogen-bond acceptors (Lipinski definition) is 6. The van der Waals surface area contributed by atoms with E-state index in [1.807, 2.05) is 36.4 Å². The van der Waals surface area contributed by atoms with E-state index in [2.05, 4.69) is 15.5 Å². The van der Waals surface area contributed by atoms with Crippen LogP contribution in [0.4, 0.5) is 0 Å². The van der Waals surface area contributed by atoms with Gasteiger partial charge in [0.2, 0.25) is 0 Å². The van der Waals surface area contributed by atoms with Crippen molar-refractivity contribution in [3.8, 4) is 0 Å². The average molecular weight is 471 g/mol. The van der Waals surface area contributed by atoms with E-state index in [1.54, 1.807) is 36.0 Å². The highest BCUT2D eigenvalue weighted by atomic mass is 35.5. The second kappa shape index (κ2) is 9.65. The van der Waals surface area contributed by atoms with Crippen molar-refractivity contribution in [2.45, 2.75) is 25.0 Å². The van der Waals surface area contributed by atoms with E-state index in [4.69, 9.17) is 27.9 Å². The second-order valence-corrected chi connectivity index (χ2v) is 8.29. The van der Waals surface area contributed by atoms with Crippen molar-refractivity contribution >= 4 is 40.3 Å². The molecule has 0 amide bonds. The number of allylic oxidation sites excluding steroid dienone is 2. The van der Waals surface area contributed by atoms with E-state index < -0.39 is 18.2 Å². The fraction of sp³-hybridized carbons (Fsp3) is 0.217. The average Bonchev–Trinajstić information content (AvgIpc) is 3.16. The fourth-order valence-corrected chi connectivity index (χ4v) is 4.00. The molecule has 2 atom stereocenters. The molecule has 1 fully saturated rings. The van der Waals surface area contributed by atoms with E-state index >= 15 is 0 Å². The van der Waals surface area contributed by atoms with E-state index in [1.165, 1.54) is 0 Å². The number of cyclic esters (lactones) is 1. The zero-order valence-electron chi connectivity index (χ0n) is 17.2. The van der Waals surface area contributed by atoms with Crippen LogP contribution in [-0.2, 0) is 16.6 Å². The Kier molecular flexibility index (Phi) is 6.69. The lowest BCUT2D eigenvalue weighted by atomic mass is 9.91. The number of benzene rings is 2. The molecule has 2 heterocycles. The number of rotatable bonds is 5. The molecule has 3 aromatic rings. The van der Waals surface area contributed by atoms with Crippen LogP contribution in [-0.4, -0.2) is 43.5 Å². The van der Waals surface area contributed by atoms with Crippen LogP contribution in [0.3, 0.4) is 0 Å². The Hall–Kier alpha value is -3.00. The molecule has 1 saturated heterocycles. The molecule has 4 rings (SSSR count). The van der Waals surface area contributed by atoms with Gasteiger partial charge < -0.3 is 9.84 Å². The maximum absolute atomic E-state index is 11.8. The lowest BCUT2D eigenvalue weighted by molar-refractivity contribution is -0.156. The van der Waals surface area contributed by atoms with Gasteiger partial charge in [-0.15, -0.1) is 5.10 Å². The van der Waals surface area contributed by atoms with Crippen LogP contribution >= 0.6 is 23.2 Å². The van der Waals surface area contributed by atoms with Crippen LogP contribution < -0.4 is 0 Å². The molecular formula is C23H20Cl2N4O3. The second-order valence-electron chi connectivity index (χ2n) is 7.42. The normalized spacial score (nSPS) is 18.6. The van der Waals surface area contributed by atoms with Gasteiger partial charge in [0.15, 0.2) is 5.82 Å². The van der Waals surface area contributed by atoms with Crippen LogP contribution in [0.25, 0.3) is 11.1 Å². The first-order valence-corrected chi connectivity index (χ1v) is 10.7. The number of esters is 1. The van der Waals surface area contributed by atoms with Gasteiger partial charge in [-0.1, -0.05) is 53.5 Å². The third-order valence-corrected chi connectivity index (χ3v) is 5.49. The summed E-state index contributed by atoms with van der Waals surface area (Å²) in [5.74, 6) is 0.0630. The number of halogens is 2. The van der Waals surface area contributed by atoms with E-state index in [-0.39, 0.29) is 6.42 Å². The lowest BCUT2D eigenvalue weighted by Crippen LogP contribution is -2.31. The molecule has 164 valence electrons. The Morgan fingerprint density at radius 1 is 1.16 bits per heavy atom. The summed E-state index contributed by atoms with van der Waals surface area (Å²) in [4.78, 5) is 11.8. The topological polar surface area (TPSA) is 90.1 Å². The summed E-state index contributed by atoms with van der Waals surface area (Å²) in [6, 6.07) is 14.9. The van der Waals surface area contributed by atoms with Crippen LogP contribution in [0.1, 0.15) is 29.8 Å². The molecule has 32 heavy (non-hydrogen) atoms. The zero-order valence-corrected chi connectivity index (χ0v) is 18.7. The van der Waals surface area contributed by atoms with Crippen molar-refractivity contribution in [3.63, 3.8) is 0 Å². The van der Waals surface area contributed by atoms with Gasteiger partial charge in [0.1, 0.15) is 6.10 Å². The zero-order chi connectivity index (χ0) is 22.7. The van der Waals surface area contributed by atoms with Gasteiger partial charge in [-0.05, 0) is 51.9 Å². The predicted molar refractivity (Wildman–Crippen MR) is 122 cm³/mol. The number of carbonyl (C=O) groups excluding carboxylic acids is 1. The number of carbonyl (C=O) groups is 1. The minimum Gasteiger partial charge on any atom is -0.458 e. The summed E-state index contributed by atoms with van der Waals surface area (Å²) in [5.41, 5.74) is 3.15. The van der Waals surface area contributed by atoms with E-state index in [0.29, 0.717) is 27.9 Å². The molecule has 9 heteroatoms. The van der Waals surface area contributed by atoms with Crippen molar-refractivity contribution in [2.24, 2.45) is 7.05 Å². The van der Waals surface area contributed by atoms with Crippen molar-refractivity contribution in [3.05, 3.63) is 87.7 Å². The summed E-state index contributed by atoms with van der Waals surface area (Å²) in [6.45, 7) is 0. The highest BCUT2D eigenvalue weighted by Crippen LogP contribution is 2.34. The van der Waals surface area contributed by atoms with Crippen LogP contribution in [0.15, 0.2) is 60.7 Å². The van der Waals surface area contributed by atoms with Crippen molar-refractivity contribution < 1.29 is 14.6 Å². The first-order chi connectivity index (χ1) is 15.4. The third-order valence-electron chi connectivity index (χ3n) is 5.02. The van der Waals surface area contributed by atoms with Crippen LogP contribution in [0.2, 0.25) is 10.0 Å². The number of aliphatic hydroxyl groups is 1. The van der Waals surface area contributed by atoms with Gasteiger partial charge in [0.25, 0.3) is 0 Å². The Bertz CT molecular complexity index is 1160. The van der Waals surface area contributed by atoms with Gasteiger partial charge in [-0.3, -0.25) is 4.79 Å². The number of hydrogen-bond donors (Lipinski definition) is 1. The summed E-state index contributed by atoms with van der Waals surface area (Å²) in [6.07, 6.45) is 2.54. The molecule has 1 aromatic heterocycles. The number of aryl methyl sites for hydroxylation is 1. The fourth-order valence-electron chi connectivity index (χ4n) is 3.62. The molecular weight excluding hydrogens is 451 g/mol. The molecule has 0 spiro atoms. The quantitative estimate of drug-likeness (QED) is 0.445. The smallest absolute Gasteiger partial charge is 0.309 e. The molecule has 0 radical (unpaired) electrons. The standard InChI is InChI=1S/C23H20Cl2N4O3/c1-29-23(26-27-28-29)20(9-8-19-12-18(30)13-21(31)32-19)22(14-4-2-6-16(24)10-14)15-5-3-7-17(25)11-15/h2-11,18-19,30H,12-13H2,1H3/t18-,19-/m1/s1. The predicted octanol–water partition coefficient (Wildman–Crippen LogP) is 4.10. The van der Waals surface area contributed by atoms with E-state index in [0.717, 1.165) is 16.7 Å². The van der Waals surface area contributed by atoms with Crippen molar-refractivity contribution in [1.82, 2.24) is 20.2 Å². The van der Waals surface area contributed by atoms with Gasteiger partial charge >= 0.3 is 5.97 Å². The van der Waals surface area contributed by atoms with Gasteiger partial charge in [-0.2, -0.15) is 0 Å². The lowest BCUT2D eigenvalue weighted by Gasteiger charge is -2.23. The summed E-state index contributed by atoms with van der Waals surface area (Å²) >= 11 is 12.6. The Morgan fingerprint density at radius 3 is 2.34 bits per heavy atom. The van der Waals surface area contributed by atoms with Gasteiger partial charge in [0, 0.05) is 34.7 Å². The summed E-state index contributed by atoms with van der Waals surface area (Å²) in [5, 5.41) is 23.1. The Balaban J connectivity index is 1.93. The Morgan fingerprint density at radius 2 is 1.81 bits per heavy atom. The molecule has 0 unspecified atom stereocenters. The number of aliphatic hydroxyl groups excluding tert-OH is 1. The molecule has 0 bridgehead atoms. The molecule has 1 N–H and O–H groups in total. The first kappa shape index (κ1) is 22.2. The van der Waals surface area contributed by atoms with Gasteiger partial charge in [-0.25, -0.2) is 4.68 Å². The van der Waals surface area contributed by atoms with Crippen molar-refractivity contribution in [2.75, 3.05) is 0 Å². The molecule has 7 nitrogen and oxygen atoms in total. The molecule has 0 saturated carbocycles. The highest BCUT2D eigenvalue weighted by Gasteiger charge is 2.26. The first-order valence-electron chi connectivity index (χ1n) is 9.95. The molecule has 1 aliphatic heterocycles. The molecule has 0 aliphatic carbocycles.